The highest BCUT2D eigenvalue weighted by Crippen LogP contribution is 2.25. The second-order valence-corrected chi connectivity index (χ2v) is 8.01. The van der Waals surface area contributed by atoms with Gasteiger partial charge in [0.1, 0.15) is 0 Å². The van der Waals surface area contributed by atoms with Crippen molar-refractivity contribution in [1.82, 2.24) is 20.1 Å². The standard InChI is InChI=1S/C18H19ClN4OS2/c1-3-23-17(13-6-8-14(19)9-7-13)21-22-18(23)26-11-16(24)20-12(2)15-5-4-10-25-15/h4-10,12H,3,11H2,1-2H3,(H,20,24)/t12-/m0/s1. The van der Waals surface area contributed by atoms with E-state index in [0.717, 1.165) is 28.0 Å². The smallest absolute Gasteiger partial charge is 0.230 e. The zero-order chi connectivity index (χ0) is 18.5. The number of hydrogen-bond acceptors (Lipinski definition) is 5. The minimum absolute atomic E-state index is 0.0109. The lowest BCUT2D eigenvalue weighted by atomic mass is 10.2. The molecule has 8 heteroatoms. The molecule has 136 valence electrons. The summed E-state index contributed by atoms with van der Waals surface area (Å²) in [5, 5.41) is 15.0. The molecule has 3 rings (SSSR count). The Balaban J connectivity index is 1.65. The van der Waals surface area contributed by atoms with E-state index in [-0.39, 0.29) is 11.9 Å². The zero-order valence-electron chi connectivity index (χ0n) is 14.5. The number of amides is 1. The van der Waals surface area contributed by atoms with Crippen LogP contribution in [-0.4, -0.2) is 26.4 Å². The van der Waals surface area contributed by atoms with Crippen molar-refractivity contribution in [3.63, 3.8) is 0 Å². The molecule has 1 amide bonds. The molecular formula is C18H19ClN4OS2. The van der Waals surface area contributed by atoms with Gasteiger partial charge in [-0.15, -0.1) is 21.5 Å². The Hall–Kier alpha value is -1.83. The predicted octanol–water partition coefficient (Wildman–Crippen LogP) is 4.65. The minimum atomic E-state index is -0.0189. The molecule has 5 nitrogen and oxygen atoms in total. The normalized spacial score (nSPS) is 12.1. The van der Waals surface area contributed by atoms with Crippen molar-refractivity contribution < 1.29 is 4.79 Å². The molecule has 1 aromatic carbocycles. The average Bonchev–Trinajstić information content (AvgIpc) is 3.30. The topological polar surface area (TPSA) is 59.8 Å². The van der Waals surface area contributed by atoms with Crippen LogP contribution in [0.2, 0.25) is 5.02 Å². The highest BCUT2D eigenvalue weighted by Gasteiger charge is 2.16. The molecule has 0 saturated carbocycles. The van der Waals surface area contributed by atoms with Gasteiger partial charge < -0.3 is 9.88 Å². The first-order valence-corrected chi connectivity index (χ1v) is 10.5. The Morgan fingerprint density at radius 2 is 2.08 bits per heavy atom. The second kappa shape index (κ2) is 8.70. The second-order valence-electron chi connectivity index (χ2n) is 5.65. The first-order valence-electron chi connectivity index (χ1n) is 8.23. The van der Waals surface area contributed by atoms with E-state index in [9.17, 15) is 4.79 Å². The summed E-state index contributed by atoms with van der Waals surface area (Å²) in [6, 6.07) is 11.5. The molecule has 1 N–H and O–H groups in total. The van der Waals surface area contributed by atoms with Gasteiger partial charge in [-0.2, -0.15) is 0 Å². The lowest BCUT2D eigenvalue weighted by Crippen LogP contribution is -2.27. The maximum Gasteiger partial charge on any atom is 0.230 e. The molecule has 2 aromatic heterocycles. The third-order valence-electron chi connectivity index (χ3n) is 3.82. The number of thiophene rings is 1. The Morgan fingerprint density at radius 1 is 1.31 bits per heavy atom. The monoisotopic (exact) mass is 406 g/mol. The van der Waals surface area contributed by atoms with Crippen LogP contribution in [0.5, 0.6) is 0 Å². The Morgan fingerprint density at radius 3 is 2.73 bits per heavy atom. The fourth-order valence-electron chi connectivity index (χ4n) is 2.52. The first kappa shape index (κ1) is 18.9. The third-order valence-corrected chi connectivity index (χ3v) is 6.09. The number of aromatic nitrogens is 3. The van der Waals surface area contributed by atoms with Crippen LogP contribution in [0, 0.1) is 0 Å². The van der Waals surface area contributed by atoms with E-state index >= 15 is 0 Å². The maximum absolute atomic E-state index is 12.2. The molecule has 0 unspecified atom stereocenters. The van der Waals surface area contributed by atoms with E-state index in [1.165, 1.54) is 11.8 Å². The van der Waals surface area contributed by atoms with Gasteiger partial charge in [0.15, 0.2) is 11.0 Å². The number of carbonyl (C=O) groups is 1. The summed E-state index contributed by atoms with van der Waals surface area (Å²) in [6.45, 7) is 4.74. The summed E-state index contributed by atoms with van der Waals surface area (Å²) in [4.78, 5) is 13.4. The van der Waals surface area contributed by atoms with Crippen LogP contribution < -0.4 is 5.32 Å². The van der Waals surface area contributed by atoms with Crippen molar-refractivity contribution >= 4 is 40.6 Å². The molecule has 2 heterocycles. The summed E-state index contributed by atoms with van der Waals surface area (Å²) < 4.78 is 2.00. The van der Waals surface area contributed by atoms with Gasteiger partial charge in [0.25, 0.3) is 0 Å². The van der Waals surface area contributed by atoms with Gasteiger partial charge in [-0.1, -0.05) is 29.4 Å². The summed E-state index contributed by atoms with van der Waals surface area (Å²) in [5.74, 6) is 1.06. The highest BCUT2D eigenvalue weighted by atomic mass is 35.5. The lowest BCUT2D eigenvalue weighted by molar-refractivity contribution is -0.119. The molecule has 3 aromatic rings. The third kappa shape index (κ3) is 4.47. The lowest BCUT2D eigenvalue weighted by Gasteiger charge is -2.12. The van der Waals surface area contributed by atoms with Gasteiger partial charge in [0.2, 0.25) is 5.91 Å². The summed E-state index contributed by atoms with van der Waals surface area (Å²) in [6.07, 6.45) is 0. The Bertz CT molecular complexity index is 862. The van der Waals surface area contributed by atoms with E-state index in [2.05, 4.69) is 15.5 Å². The minimum Gasteiger partial charge on any atom is -0.348 e. The zero-order valence-corrected chi connectivity index (χ0v) is 16.9. The van der Waals surface area contributed by atoms with Crippen molar-refractivity contribution in [2.75, 3.05) is 5.75 Å². The molecule has 0 spiro atoms. The molecule has 0 bridgehead atoms. The van der Waals surface area contributed by atoms with E-state index in [0.29, 0.717) is 10.8 Å². The molecule has 0 aliphatic heterocycles. The summed E-state index contributed by atoms with van der Waals surface area (Å²) >= 11 is 8.98. The van der Waals surface area contributed by atoms with Crippen molar-refractivity contribution in [2.24, 2.45) is 0 Å². The van der Waals surface area contributed by atoms with Crippen molar-refractivity contribution in [1.29, 1.82) is 0 Å². The van der Waals surface area contributed by atoms with E-state index in [1.54, 1.807) is 11.3 Å². The number of thioether (sulfide) groups is 1. The molecule has 0 aliphatic carbocycles. The van der Waals surface area contributed by atoms with E-state index in [4.69, 9.17) is 11.6 Å². The molecule has 1 atom stereocenters. The molecular weight excluding hydrogens is 388 g/mol. The summed E-state index contributed by atoms with van der Waals surface area (Å²) in [5.41, 5.74) is 0.950. The van der Waals surface area contributed by atoms with Crippen molar-refractivity contribution in [3.05, 3.63) is 51.7 Å². The Labute approximate surface area is 165 Å². The molecule has 0 fully saturated rings. The van der Waals surface area contributed by atoms with Crippen LogP contribution in [-0.2, 0) is 11.3 Å². The van der Waals surface area contributed by atoms with Crippen molar-refractivity contribution in [2.45, 2.75) is 31.6 Å². The van der Waals surface area contributed by atoms with Crippen LogP contribution >= 0.6 is 34.7 Å². The van der Waals surface area contributed by atoms with Gasteiger partial charge in [-0.05, 0) is 49.6 Å². The summed E-state index contributed by atoms with van der Waals surface area (Å²) in [7, 11) is 0. The van der Waals surface area contributed by atoms with Gasteiger partial charge >= 0.3 is 0 Å². The van der Waals surface area contributed by atoms with Crippen molar-refractivity contribution in [3.8, 4) is 11.4 Å². The molecule has 0 aliphatic rings. The number of nitrogens with one attached hydrogen (secondary N) is 1. The van der Waals surface area contributed by atoms with Crippen LogP contribution in [0.4, 0.5) is 0 Å². The molecule has 0 radical (unpaired) electrons. The highest BCUT2D eigenvalue weighted by molar-refractivity contribution is 7.99. The SMILES string of the molecule is CCn1c(SCC(=O)N[C@@H](C)c2cccs2)nnc1-c1ccc(Cl)cc1. The fraction of sp³-hybridized carbons (Fsp3) is 0.278. The fourth-order valence-corrected chi connectivity index (χ4v) is 4.19. The quantitative estimate of drug-likeness (QED) is 0.580. The van der Waals surface area contributed by atoms with Crippen LogP contribution in [0.1, 0.15) is 24.8 Å². The van der Waals surface area contributed by atoms with Crippen LogP contribution in [0.3, 0.4) is 0 Å². The number of carbonyl (C=O) groups excluding carboxylic acids is 1. The van der Waals surface area contributed by atoms with Gasteiger partial charge in [-0.25, -0.2) is 0 Å². The van der Waals surface area contributed by atoms with Crippen LogP contribution in [0.15, 0.2) is 46.9 Å². The first-order chi connectivity index (χ1) is 12.6. The van der Waals surface area contributed by atoms with Gasteiger partial charge in [-0.3, -0.25) is 4.79 Å². The number of benzene rings is 1. The number of rotatable bonds is 7. The van der Waals surface area contributed by atoms with E-state index in [1.807, 2.05) is 60.2 Å². The average molecular weight is 407 g/mol. The van der Waals surface area contributed by atoms with Gasteiger partial charge in [0.05, 0.1) is 11.8 Å². The maximum atomic E-state index is 12.2. The van der Waals surface area contributed by atoms with Gasteiger partial charge in [0, 0.05) is 22.0 Å². The molecule has 26 heavy (non-hydrogen) atoms. The number of halogens is 1. The molecule has 0 saturated heterocycles. The number of hydrogen-bond donors (Lipinski definition) is 1. The van der Waals surface area contributed by atoms with Crippen LogP contribution in [0.25, 0.3) is 11.4 Å². The number of nitrogens with zero attached hydrogens (tertiary/aromatic N) is 3. The largest absolute Gasteiger partial charge is 0.348 e. The van der Waals surface area contributed by atoms with E-state index < -0.39 is 0 Å². The Kier molecular flexibility index (Phi) is 6.34. The predicted molar refractivity (Wildman–Crippen MR) is 108 cm³/mol.